The summed E-state index contributed by atoms with van der Waals surface area (Å²) in [4.78, 5) is 8.93. The fourth-order valence-electron chi connectivity index (χ4n) is 2.91. The van der Waals surface area contributed by atoms with Gasteiger partial charge >= 0.3 is 0 Å². The highest BCUT2D eigenvalue weighted by Gasteiger charge is 2.12. The van der Waals surface area contributed by atoms with Gasteiger partial charge in [0.1, 0.15) is 0 Å². The molecule has 2 aromatic heterocycles. The van der Waals surface area contributed by atoms with E-state index in [4.69, 9.17) is 0 Å². The normalized spacial score (nSPS) is 11.6. The fourth-order valence-corrected chi connectivity index (χ4v) is 2.91. The lowest BCUT2D eigenvalue weighted by molar-refractivity contribution is 0.827. The first-order valence-electron chi connectivity index (χ1n) is 6.51. The molecular weight excluding hydrogens is 234 g/mol. The number of nitrogens with zero attached hydrogens (tertiary/aromatic N) is 3. The molecule has 0 aliphatic rings. The third-order valence-corrected chi connectivity index (χ3v) is 3.69. The molecule has 4 aromatic rings. The van der Waals surface area contributed by atoms with Gasteiger partial charge < -0.3 is 4.57 Å². The highest BCUT2D eigenvalue weighted by atomic mass is 15.0. The molecule has 0 aliphatic carbocycles. The third kappa shape index (κ3) is 1.32. The van der Waals surface area contributed by atoms with Crippen LogP contribution in [0.25, 0.3) is 32.8 Å². The first-order chi connectivity index (χ1) is 9.40. The van der Waals surface area contributed by atoms with Crippen LogP contribution >= 0.6 is 0 Å². The monoisotopic (exact) mass is 247 g/mol. The largest absolute Gasteiger partial charge is 0.341 e. The van der Waals surface area contributed by atoms with Crippen molar-refractivity contribution in [3.05, 3.63) is 48.8 Å². The summed E-state index contributed by atoms with van der Waals surface area (Å²) in [5.74, 6) is 0. The Kier molecular flexibility index (Phi) is 2.09. The van der Waals surface area contributed by atoms with E-state index in [-0.39, 0.29) is 0 Å². The summed E-state index contributed by atoms with van der Waals surface area (Å²) in [7, 11) is 0. The maximum atomic E-state index is 4.53. The molecule has 4 rings (SSSR count). The van der Waals surface area contributed by atoms with Crippen LogP contribution in [0.15, 0.2) is 48.8 Å². The molecule has 19 heavy (non-hydrogen) atoms. The molecule has 2 aromatic carbocycles. The van der Waals surface area contributed by atoms with Crippen LogP contribution in [0, 0.1) is 0 Å². The SMILES string of the molecule is CCn1c2ccccc2c2c3nccnc3ccc21. The van der Waals surface area contributed by atoms with Gasteiger partial charge in [-0.1, -0.05) is 18.2 Å². The van der Waals surface area contributed by atoms with E-state index in [9.17, 15) is 0 Å². The molecule has 0 radical (unpaired) electrons. The minimum atomic E-state index is 0.953. The number of hydrogen-bond donors (Lipinski definition) is 0. The van der Waals surface area contributed by atoms with Crippen molar-refractivity contribution >= 4 is 32.8 Å². The van der Waals surface area contributed by atoms with Crippen LogP contribution < -0.4 is 0 Å². The topological polar surface area (TPSA) is 30.7 Å². The van der Waals surface area contributed by atoms with Gasteiger partial charge in [-0.05, 0) is 25.1 Å². The molecule has 2 heterocycles. The third-order valence-electron chi connectivity index (χ3n) is 3.69. The highest BCUT2D eigenvalue weighted by molar-refractivity contribution is 6.18. The minimum Gasteiger partial charge on any atom is -0.341 e. The average molecular weight is 247 g/mol. The number of aryl methyl sites for hydroxylation is 1. The molecule has 0 spiro atoms. The Hall–Kier alpha value is -2.42. The lowest BCUT2D eigenvalue weighted by Crippen LogP contribution is -1.92. The van der Waals surface area contributed by atoms with Gasteiger partial charge in [-0.3, -0.25) is 9.97 Å². The van der Waals surface area contributed by atoms with Crippen LogP contribution in [-0.4, -0.2) is 14.5 Å². The van der Waals surface area contributed by atoms with Crippen molar-refractivity contribution in [3.8, 4) is 0 Å². The summed E-state index contributed by atoms with van der Waals surface area (Å²) in [6, 6.07) is 12.7. The zero-order valence-electron chi connectivity index (χ0n) is 10.7. The van der Waals surface area contributed by atoms with Gasteiger partial charge in [-0.15, -0.1) is 0 Å². The van der Waals surface area contributed by atoms with E-state index in [2.05, 4.69) is 57.9 Å². The number of para-hydroxylation sites is 1. The molecule has 0 amide bonds. The Morgan fingerprint density at radius 2 is 1.79 bits per heavy atom. The molecular formula is C16H13N3. The van der Waals surface area contributed by atoms with E-state index in [1.807, 2.05) is 0 Å². The molecule has 0 atom stereocenters. The molecule has 92 valence electrons. The molecule has 0 bridgehead atoms. The second kappa shape index (κ2) is 3.79. The first kappa shape index (κ1) is 10.5. The summed E-state index contributed by atoms with van der Waals surface area (Å²) >= 11 is 0. The van der Waals surface area contributed by atoms with Gasteiger partial charge in [0.15, 0.2) is 0 Å². The van der Waals surface area contributed by atoms with Crippen molar-refractivity contribution in [1.29, 1.82) is 0 Å². The Balaban J connectivity index is 2.37. The number of benzene rings is 2. The quantitative estimate of drug-likeness (QED) is 0.512. The standard InChI is InChI=1S/C16H13N3/c1-2-19-13-6-4-3-5-11(13)15-14(19)8-7-12-16(15)18-10-9-17-12/h3-10H,2H2,1H3. The summed E-state index contributed by atoms with van der Waals surface area (Å²) < 4.78 is 2.33. The second-order valence-corrected chi connectivity index (χ2v) is 4.65. The van der Waals surface area contributed by atoms with Gasteiger partial charge in [0.05, 0.1) is 16.6 Å². The summed E-state index contributed by atoms with van der Waals surface area (Å²) in [6.07, 6.45) is 3.51. The zero-order chi connectivity index (χ0) is 12.8. The van der Waals surface area contributed by atoms with Crippen LogP contribution in [0.5, 0.6) is 0 Å². The average Bonchev–Trinajstić information content (AvgIpc) is 2.81. The van der Waals surface area contributed by atoms with Crippen LogP contribution in [0.1, 0.15) is 6.92 Å². The van der Waals surface area contributed by atoms with Crippen LogP contribution in [0.3, 0.4) is 0 Å². The smallest absolute Gasteiger partial charge is 0.0986 e. The molecule has 0 saturated carbocycles. The first-order valence-corrected chi connectivity index (χ1v) is 6.51. The molecule has 3 nitrogen and oxygen atoms in total. The summed E-state index contributed by atoms with van der Waals surface area (Å²) in [5.41, 5.74) is 4.44. The Morgan fingerprint density at radius 3 is 2.68 bits per heavy atom. The Labute approximate surface area is 110 Å². The van der Waals surface area contributed by atoms with E-state index < -0.39 is 0 Å². The van der Waals surface area contributed by atoms with Crippen LogP contribution in [0.4, 0.5) is 0 Å². The number of rotatable bonds is 1. The predicted molar refractivity (Wildman–Crippen MR) is 78.2 cm³/mol. The molecule has 0 aliphatic heterocycles. The number of fused-ring (bicyclic) bond motifs is 5. The molecule has 0 saturated heterocycles. The fraction of sp³-hybridized carbons (Fsp3) is 0.125. The predicted octanol–water partition coefficient (Wildman–Crippen LogP) is 3.76. The number of aromatic nitrogens is 3. The lowest BCUT2D eigenvalue weighted by Gasteiger charge is -2.03. The molecule has 3 heteroatoms. The molecule has 0 N–H and O–H groups in total. The van der Waals surface area contributed by atoms with E-state index >= 15 is 0 Å². The summed E-state index contributed by atoms with van der Waals surface area (Å²) in [5, 5.41) is 2.47. The van der Waals surface area contributed by atoms with Crippen LogP contribution in [0.2, 0.25) is 0 Å². The van der Waals surface area contributed by atoms with Gasteiger partial charge in [0.2, 0.25) is 0 Å². The van der Waals surface area contributed by atoms with Gasteiger partial charge in [-0.2, -0.15) is 0 Å². The van der Waals surface area contributed by atoms with E-state index in [1.54, 1.807) is 12.4 Å². The van der Waals surface area contributed by atoms with Gasteiger partial charge in [0.25, 0.3) is 0 Å². The van der Waals surface area contributed by atoms with Gasteiger partial charge in [0, 0.05) is 35.2 Å². The summed E-state index contributed by atoms with van der Waals surface area (Å²) in [6.45, 7) is 3.13. The van der Waals surface area contributed by atoms with Crippen molar-refractivity contribution in [1.82, 2.24) is 14.5 Å². The molecule has 0 fully saturated rings. The van der Waals surface area contributed by atoms with Gasteiger partial charge in [-0.25, -0.2) is 0 Å². The Morgan fingerprint density at radius 1 is 0.947 bits per heavy atom. The van der Waals surface area contributed by atoms with Crippen molar-refractivity contribution in [2.45, 2.75) is 13.5 Å². The van der Waals surface area contributed by atoms with Crippen molar-refractivity contribution in [2.24, 2.45) is 0 Å². The molecule has 0 unspecified atom stereocenters. The second-order valence-electron chi connectivity index (χ2n) is 4.65. The van der Waals surface area contributed by atoms with Crippen molar-refractivity contribution in [2.75, 3.05) is 0 Å². The van der Waals surface area contributed by atoms with E-state index in [0.29, 0.717) is 0 Å². The van der Waals surface area contributed by atoms with E-state index in [1.165, 1.54) is 21.8 Å². The highest BCUT2D eigenvalue weighted by Crippen LogP contribution is 2.32. The number of hydrogen-bond acceptors (Lipinski definition) is 2. The lowest BCUT2D eigenvalue weighted by atomic mass is 10.1. The maximum Gasteiger partial charge on any atom is 0.0986 e. The minimum absolute atomic E-state index is 0.953. The van der Waals surface area contributed by atoms with Crippen molar-refractivity contribution in [3.63, 3.8) is 0 Å². The Bertz CT molecular complexity index is 906. The van der Waals surface area contributed by atoms with Crippen LogP contribution in [-0.2, 0) is 6.54 Å². The maximum absolute atomic E-state index is 4.53. The zero-order valence-corrected chi connectivity index (χ0v) is 10.7. The van der Waals surface area contributed by atoms with E-state index in [0.717, 1.165) is 17.6 Å². The van der Waals surface area contributed by atoms with Crippen molar-refractivity contribution < 1.29 is 0 Å².